The van der Waals surface area contributed by atoms with Crippen LogP contribution in [0.25, 0.3) is 0 Å². The molecule has 1 aliphatic carbocycles. The Balaban J connectivity index is 1.52. The van der Waals surface area contributed by atoms with Crippen molar-refractivity contribution in [2.75, 3.05) is 20.1 Å². The lowest BCUT2D eigenvalue weighted by Gasteiger charge is -2.37. The van der Waals surface area contributed by atoms with E-state index in [4.69, 9.17) is 4.52 Å². The highest BCUT2D eigenvalue weighted by molar-refractivity contribution is 5.84. The summed E-state index contributed by atoms with van der Waals surface area (Å²) in [6.07, 6.45) is 6.27. The zero-order valence-corrected chi connectivity index (χ0v) is 16.1. The molecule has 1 aliphatic heterocycles. The van der Waals surface area contributed by atoms with Gasteiger partial charge < -0.3 is 14.3 Å². The van der Waals surface area contributed by atoms with Crippen LogP contribution in [0, 0.1) is 5.92 Å². The summed E-state index contributed by atoms with van der Waals surface area (Å²) in [5.74, 6) is 1.73. The first-order chi connectivity index (χ1) is 12.5. The monoisotopic (exact) mass is 362 g/mol. The molecular weight excluding hydrogens is 332 g/mol. The smallest absolute Gasteiger partial charge is 0.229 e. The lowest BCUT2D eigenvalue weighted by atomic mass is 9.94. The lowest BCUT2D eigenvalue weighted by molar-refractivity contribution is -0.144. The fourth-order valence-electron chi connectivity index (χ4n) is 3.94. The maximum atomic E-state index is 12.8. The second kappa shape index (κ2) is 8.18. The molecule has 144 valence electrons. The van der Waals surface area contributed by atoms with Gasteiger partial charge in [-0.25, -0.2) is 0 Å². The number of aromatic nitrogens is 2. The first kappa shape index (κ1) is 18.9. The van der Waals surface area contributed by atoms with Gasteiger partial charge in [-0.05, 0) is 19.3 Å². The summed E-state index contributed by atoms with van der Waals surface area (Å²) >= 11 is 0. The van der Waals surface area contributed by atoms with Crippen LogP contribution in [-0.2, 0) is 16.0 Å². The number of piperidine rings is 1. The lowest BCUT2D eigenvalue weighted by Crippen LogP contribution is -2.49. The first-order valence-corrected chi connectivity index (χ1v) is 9.82. The van der Waals surface area contributed by atoms with E-state index in [1.165, 1.54) is 12.8 Å². The number of rotatable bonds is 6. The maximum Gasteiger partial charge on any atom is 0.229 e. The molecule has 0 N–H and O–H groups in total. The van der Waals surface area contributed by atoms with Crippen LogP contribution in [-0.4, -0.2) is 57.9 Å². The summed E-state index contributed by atoms with van der Waals surface area (Å²) in [6, 6.07) is 0.345. The van der Waals surface area contributed by atoms with E-state index in [1.54, 1.807) is 4.90 Å². The van der Waals surface area contributed by atoms with Gasteiger partial charge in [0.2, 0.25) is 17.7 Å². The van der Waals surface area contributed by atoms with Crippen LogP contribution in [0.4, 0.5) is 0 Å². The standard InChI is InChI=1S/C19H30N4O3/c1-13(2)18-20-16(21-26-18)10-11-22(3)19(25)14-8-9-17(24)23(12-14)15-6-4-5-7-15/h13-15H,4-12H2,1-3H3. The number of hydrogen-bond acceptors (Lipinski definition) is 5. The second-order valence-corrected chi connectivity index (χ2v) is 7.93. The van der Waals surface area contributed by atoms with E-state index in [0.29, 0.717) is 50.1 Å². The van der Waals surface area contributed by atoms with Crippen molar-refractivity contribution in [1.82, 2.24) is 19.9 Å². The van der Waals surface area contributed by atoms with Gasteiger partial charge in [-0.1, -0.05) is 31.8 Å². The number of carbonyl (C=O) groups is 2. The minimum atomic E-state index is -0.0882. The van der Waals surface area contributed by atoms with Gasteiger partial charge in [0, 0.05) is 44.9 Å². The molecule has 1 saturated heterocycles. The van der Waals surface area contributed by atoms with E-state index in [0.717, 1.165) is 12.8 Å². The van der Waals surface area contributed by atoms with Crippen molar-refractivity contribution in [3.05, 3.63) is 11.7 Å². The average molecular weight is 362 g/mol. The van der Waals surface area contributed by atoms with E-state index in [9.17, 15) is 9.59 Å². The molecule has 7 heteroatoms. The van der Waals surface area contributed by atoms with Crippen LogP contribution in [0.1, 0.15) is 70.0 Å². The molecule has 0 radical (unpaired) electrons. The molecule has 7 nitrogen and oxygen atoms in total. The van der Waals surface area contributed by atoms with E-state index in [1.807, 2.05) is 25.8 Å². The second-order valence-electron chi connectivity index (χ2n) is 7.93. The van der Waals surface area contributed by atoms with Gasteiger partial charge >= 0.3 is 0 Å². The molecule has 0 aromatic carbocycles. The molecular formula is C19H30N4O3. The summed E-state index contributed by atoms with van der Waals surface area (Å²) in [5, 5.41) is 3.98. The van der Waals surface area contributed by atoms with Crippen LogP contribution in [0.2, 0.25) is 0 Å². The Morgan fingerprint density at radius 1 is 1.31 bits per heavy atom. The molecule has 26 heavy (non-hydrogen) atoms. The van der Waals surface area contributed by atoms with Crippen molar-refractivity contribution in [3.63, 3.8) is 0 Å². The molecule has 2 amide bonds. The third kappa shape index (κ3) is 4.24. The van der Waals surface area contributed by atoms with Crippen LogP contribution < -0.4 is 0 Å². The minimum Gasteiger partial charge on any atom is -0.345 e. The highest BCUT2D eigenvalue weighted by Gasteiger charge is 2.36. The topological polar surface area (TPSA) is 79.5 Å². The summed E-state index contributed by atoms with van der Waals surface area (Å²) < 4.78 is 5.21. The molecule has 1 atom stereocenters. The van der Waals surface area contributed by atoms with Gasteiger partial charge in [-0.15, -0.1) is 0 Å². The highest BCUT2D eigenvalue weighted by atomic mass is 16.5. The van der Waals surface area contributed by atoms with Crippen molar-refractivity contribution in [1.29, 1.82) is 0 Å². The normalized spacial score (nSPS) is 21.6. The Kier molecular flexibility index (Phi) is 5.94. The number of amides is 2. The Labute approximate surface area is 155 Å². The fraction of sp³-hybridized carbons (Fsp3) is 0.789. The van der Waals surface area contributed by atoms with Crippen LogP contribution in [0.15, 0.2) is 4.52 Å². The quantitative estimate of drug-likeness (QED) is 0.776. The minimum absolute atomic E-state index is 0.0882. The van der Waals surface area contributed by atoms with Gasteiger partial charge in [0.15, 0.2) is 5.82 Å². The van der Waals surface area contributed by atoms with Gasteiger partial charge in [-0.2, -0.15) is 4.98 Å². The van der Waals surface area contributed by atoms with E-state index in [-0.39, 0.29) is 23.7 Å². The van der Waals surface area contributed by atoms with Crippen molar-refractivity contribution >= 4 is 11.8 Å². The van der Waals surface area contributed by atoms with Gasteiger partial charge in [0.25, 0.3) is 0 Å². The van der Waals surface area contributed by atoms with Crippen molar-refractivity contribution in [2.24, 2.45) is 5.92 Å². The highest BCUT2D eigenvalue weighted by Crippen LogP contribution is 2.29. The first-order valence-electron chi connectivity index (χ1n) is 9.82. The summed E-state index contributed by atoms with van der Waals surface area (Å²) in [7, 11) is 1.82. The summed E-state index contributed by atoms with van der Waals surface area (Å²) in [5.41, 5.74) is 0. The molecule has 1 saturated carbocycles. The summed E-state index contributed by atoms with van der Waals surface area (Å²) in [4.78, 5) is 33.2. The maximum absolute atomic E-state index is 12.8. The Morgan fingerprint density at radius 2 is 2.04 bits per heavy atom. The molecule has 0 bridgehead atoms. The van der Waals surface area contributed by atoms with Gasteiger partial charge in [0.05, 0.1) is 5.92 Å². The van der Waals surface area contributed by atoms with E-state index < -0.39 is 0 Å². The Hall–Kier alpha value is -1.92. The third-order valence-corrected chi connectivity index (χ3v) is 5.58. The van der Waals surface area contributed by atoms with E-state index >= 15 is 0 Å². The van der Waals surface area contributed by atoms with Crippen molar-refractivity contribution < 1.29 is 14.1 Å². The third-order valence-electron chi connectivity index (χ3n) is 5.58. The SMILES string of the molecule is CC(C)c1nc(CCN(C)C(=O)C2CCC(=O)N(C3CCCC3)C2)no1. The predicted molar refractivity (Wildman–Crippen MR) is 96.4 cm³/mol. The zero-order chi connectivity index (χ0) is 18.7. The van der Waals surface area contributed by atoms with Gasteiger partial charge in [0.1, 0.15) is 0 Å². The number of likely N-dealkylation sites (tertiary alicyclic amines) is 1. The number of hydrogen-bond donors (Lipinski definition) is 0. The summed E-state index contributed by atoms with van der Waals surface area (Å²) in [6.45, 7) is 5.15. The number of nitrogens with zero attached hydrogens (tertiary/aromatic N) is 4. The van der Waals surface area contributed by atoms with Gasteiger partial charge in [-0.3, -0.25) is 9.59 Å². The zero-order valence-electron chi connectivity index (χ0n) is 16.1. The Morgan fingerprint density at radius 3 is 2.69 bits per heavy atom. The molecule has 2 aliphatic rings. The van der Waals surface area contributed by atoms with Crippen LogP contribution in [0.5, 0.6) is 0 Å². The van der Waals surface area contributed by atoms with Crippen LogP contribution >= 0.6 is 0 Å². The van der Waals surface area contributed by atoms with Crippen molar-refractivity contribution in [3.8, 4) is 0 Å². The molecule has 2 fully saturated rings. The molecule has 1 aromatic heterocycles. The largest absolute Gasteiger partial charge is 0.345 e. The molecule has 0 spiro atoms. The number of likely N-dealkylation sites (N-methyl/N-ethyl adjacent to an activating group) is 1. The van der Waals surface area contributed by atoms with E-state index in [2.05, 4.69) is 10.1 Å². The predicted octanol–water partition coefficient (Wildman–Crippen LogP) is 2.38. The average Bonchev–Trinajstić information content (AvgIpc) is 3.31. The fourth-order valence-corrected chi connectivity index (χ4v) is 3.94. The van der Waals surface area contributed by atoms with Crippen LogP contribution in [0.3, 0.4) is 0 Å². The van der Waals surface area contributed by atoms with Crippen molar-refractivity contribution in [2.45, 2.75) is 70.8 Å². The molecule has 2 heterocycles. The Bertz CT molecular complexity index is 636. The molecule has 3 rings (SSSR count). The molecule has 1 aromatic rings. The number of carbonyl (C=O) groups excluding carboxylic acids is 2. The molecule has 1 unspecified atom stereocenters.